The number of hydrogen-bond acceptors (Lipinski definition) is 4. The van der Waals surface area contributed by atoms with Crippen LogP contribution in [0.5, 0.6) is 0 Å². The average Bonchev–Trinajstić information content (AvgIpc) is 3.05. The van der Waals surface area contributed by atoms with Crippen molar-refractivity contribution >= 4 is 10.0 Å². The summed E-state index contributed by atoms with van der Waals surface area (Å²) in [5.74, 6) is 0.315. The Morgan fingerprint density at radius 1 is 1.23 bits per heavy atom. The van der Waals surface area contributed by atoms with Crippen molar-refractivity contribution in [1.29, 1.82) is 0 Å². The van der Waals surface area contributed by atoms with Gasteiger partial charge in [-0.3, -0.25) is 4.90 Å². The van der Waals surface area contributed by atoms with E-state index in [1.165, 1.54) is 0 Å². The van der Waals surface area contributed by atoms with Gasteiger partial charge in [0.15, 0.2) is 0 Å². The molecule has 1 N–H and O–H groups in total. The molecule has 0 radical (unpaired) electrons. The van der Waals surface area contributed by atoms with E-state index in [-0.39, 0.29) is 6.04 Å². The molecule has 0 unspecified atom stereocenters. The van der Waals surface area contributed by atoms with E-state index < -0.39 is 10.0 Å². The molecule has 6 heteroatoms. The Labute approximate surface area is 132 Å². The van der Waals surface area contributed by atoms with E-state index in [9.17, 15) is 8.42 Å². The third-order valence-electron chi connectivity index (χ3n) is 4.68. The van der Waals surface area contributed by atoms with Gasteiger partial charge in [0.25, 0.3) is 0 Å². The van der Waals surface area contributed by atoms with Gasteiger partial charge in [0.1, 0.15) is 0 Å². The molecule has 0 aliphatic carbocycles. The van der Waals surface area contributed by atoms with E-state index in [1.54, 1.807) is 12.1 Å². The lowest BCUT2D eigenvalue weighted by atomic mass is 10.1. The van der Waals surface area contributed by atoms with Crippen LogP contribution in [0, 0.1) is 5.92 Å². The Bertz CT molecular complexity index is 657. The van der Waals surface area contributed by atoms with E-state index in [4.69, 9.17) is 4.74 Å². The molecular weight excluding hydrogens is 300 g/mol. The first-order valence-electron chi connectivity index (χ1n) is 7.83. The van der Waals surface area contributed by atoms with E-state index in [0.717, 1.165) is 24.2 Å². The molecule has 5 nitrogen and oxygen atoms in total. The highest BCUT2D eigenvalue weighted by Gasteiger charge is 2.34. The van der Waals surface area contributed by atoms with Crippen LogP contribution in [0.15, 0.2) is 23.1 Å². The smallest absolute Gasteiger partial charge is 0.240 e. The second-order valence-electron chi connectivity index (χ2n) is 6.68. The van der Waals surface area contributed by atoms with Gasteiger partial charge in [0.2, 0.25) is 10.0 Å². The number of hydrogen-bond donors (Lipinski definition) is 1. The molecule has 0 spiro atoms. The van der Waals surface area contributed by atoms with Gasteiger partial charge in [-0.1, -0.05) is 13.0 Å². The normalized spacial score (nSPS) is 25.8. The first kappa shape index (κ1) is 15.9. The molecule has 2 aliphatic heterocycles. The van der Waals surface area contributed by atoms with Gasteiger partial charge < -0.3 is 4.74 Å². The molecule has 3 rings (SSSR count). The highest BCUT2D eigenvalue weighted by Crippen LogP contribution is 2.25. The Hall–Kier alpha value is -0.950. The Morgan fingerprint density at radius 2 is 1.95 bits per heavy atom. The van der Waals surface area contributed by atoms with Crippen LogP contribution in [0.25, 0.3) is 0 Å². The minimum Gasteiger partial charge on any atom is -0.372 e. The quantitative estimate of drug-likeness (QED) is 0.916. The van der Waals surface area contributed by atoms with E-state index in [1.807, 2.05) is 6.07 Å². The van der Waals surface area contributed by atoms with E-state index >= 15 is 0 Å². The summed E-state index contributed by atoms with van der Waals surface area (Å²) in [6, 6.07) is 5.68. The molecule has 2 atom stereocenters. The number of nitrogens with zero attached hydrogens (tertiary/aromatic N) is 1. The predicted octanol–water partition coefficient (Wildman–Crippen LogP) is 1.72. The van der Waals surface area contributed by atoms with Crippen LogP contribution in [0.1, 0.15) is 31.9 Å². The molecule has 1 saturated heterocycles. The van der Waals surface area contributed by atoms with E-state index in [2.05, 4.69) is 30.4 Å². The number of likely N-dealkylation sites (tertiary alicyclic amines) is 1. The summed E-state index contributed by atoms with van der Waals surface area (Å²) >= 11 is 0. The minimum atomic E-state index is -3.48. The molecule has 2 aliphatic rings. The van der Waals surface area contributed by atoms with Crippen LogP contribution >= 0.6 is 0 Å². The van der Waals surface area contributed by atoms with Crippen molar-refractivity contribution < 1.29 is 13.2 Å². The van der Waals surface area contributed by atoms with Crippen LogP contribution in [-0.4, -0.2) is 38.5 Å². The maximum atomic E-state index is 12.6. The number of rotatable bonds is 4. The highest BCUT2D eigenvalue weighted by molar-refractivity contribution is 7.89. The maximum Gasteiger partial charge on any atom is 0.240 e. The summed E-state index contributed by atoms with van der Waals surface area (Å²) < 4.78 is 33.5. The van der Waals surface area contributed by atoms with Crippen LogP contribution < -0.4 is 4.72 Å². The van der Waals surface area contributed by atoms with Gasteiger partial charge in [-0.25, -0.2) is 13.1 Å². The van der Waals surface area contributed by atoms with Gasteiger partial charge in [-0.05, 0) is 43.0 Å². The van der Waals surface area contributed by atoms with Crippen molar-refractivity contribution in [3.63, 3.8) is 0 Å². The summed E-state index contributed by atoms with van der Waals surface area (Å²) in [6.07, 6.45) is 0. The van der Waals surface area contributed by atoms with Crippen molar-refractivity contribution in [3.8, 4) is 0 Å². The number of sulfonamides is 1. The topological polar surface area (TPSA) is 58.6 Å². The molecule has 2 heterocycles. The molecule has 1 aromatic rings. The lowest BCUT2D eigenvalue weighted by molar-refractivity contribution is 0.134. The molecule has 0 bridgehead atoms. The van der Waals surface area contributed by atoms with Gasteiger partial charge >= 0.3 is 0 Å². The second kappa shape index (κ2) is 5.92. The predicted molar refractivity (Wildman–Crippen MR) is 84.9 cm³/mol. The summed E-state index contributed by atoms with van der Waals surface area (Å²) in [5, 5.41) is 0. The monoisotopic (exact) mass is 324 g/mol. The summed E-state index contributed by atoms with van der Waals surface area (Å²) in [7, 11) is -3.48. The van der Waals surface area contributed by atoms with Crippen LogP contribution in [-0.2, 0) is 28.0 Å². The van der Waals surface area contributed by atoms with Crippen LogP contribution in [0.4, 0.5) is 0 Å². The summed E-state index contributed by atoms with van der Waals surface area (Å²) in [5.41, 5.74) is 2.06. The number of ether oxygens (including phenoxy) is 1. The van der Waals surface area contributed by atoms with Crippen molar-refractivity contribution in [3.05, 3.63) is 29.3 Å². The van der Waals surface area contributed by atoms with Gasteiger partial charge in [0.05, 0.1) is 18.1 Å². The minimum absolute atomic E-state index is 0.0306. The lowest BCUT2D eigenvalue weighted by Crippen LogP contribution is -2.40. The van der Waals surface area contributed by atoms with Crippen molar-refractivity contribution in [2.45, 2.75) is 51.0 Å². The molecule has 22 heavy (non-hydrogen) atoms. The average molecular weight is 324 g/mol. The molecule has 0 saturated carbocycles. The number of benzene rings is 1. The number of fused-ring (bicyclic) bond motifs is 1. The van der Waals surface area contributed by atoms with Crippen molar-refractivity contribution in [2.75, 3.05) is 13.1 Å². The van der Waals surface area contributed by atoms with Gasteiger partial charge in [-0.15, -0.1) is 0 Å². The zero-order valence-electron chi connectivity index (χ0n) is 13.4. The van der Waals surface area contributed by atoms with Gasteiger partial charge in [-0.2, -0.15) is 0 Å². The zero-order chi connectivity index (χ0) is 15.9. The maximum absolute atomic E-state index is 12.6. The van der Waals surface area contributed by atoms with E-state index in [0.29, 0.717) is 30.1 Å². The van der Waals surface area contributed by atoms with Crippen LogP contribution in [0.2, 0.25) is 0 Å². The lowest BCUT2D eigenvalue weighted by Gasteiger charge is -2.20. The molecular formula is C16H24N2O3S. The first-order valence-corrected chi connectivity index (χ1v) is 9.31. The van der Waals surface area contributed by atoms with Crippen LogP contribution in [0.3, 0.4) is 0 Å². The third-order valence-corrected chi connectivity index (χ3v) is 6.17. The fourth-order valence-corrected chi connectivity index (χ4v) is 4.55. The number of nitrogens with one attached hydrogen (secondary N) is 1. The highest BCUT2D eigenvalue weighted by atomic mass is 32.2. The molecule has 1 fully saturated rings. The first-order chi connectivity index (χ1) is 10.4. The summed E-state index contributed by atoms with van der Waals surface area (Å²) in [6.45, 7) is 9.17. The molecule has 0 aromatic heterocycles. The Balaban J connectivity index is 1.76. The fourth-order valence-electron chi connectivity index (χ4n) is 3.16. The zero-order valence-corrected chi connectivity index (χ0v) is 14.2. The van der Waals surface area contributed by atoms with Gasteiger partial charge in [0, 0.05) is 25.2 Å². The second-order valence-corrected chi connectivity index (χ2v) is 8.39. The van der Waals surface area contributed by atoms with Crippen molar-refractivity contribution in [1.82, 2.24) is 9.62 Å². The standard InChI is InChI=1S/C16H24N2O3S/c1-11(2)18-7-12(3)16(8-18)17-22(19,20)15-5-4-13-9-21-10-14(13)6-15/h4-6,11-12,16-17H,7-10H2,1-3H3/t12-,16+/m1/s1. The Kier molecular flexibility index (Phi) is 4.29. The molecule has 0 amide bonds. The van der Waals surface area contributed by atoms with Crippen molar-refractivity contribution in [2.24, 2.45) is 5.92 Å². The molecule has 1 aromatic carbocycles. The SMILES string of the molecule is CC(C)N1C[C@@H](C)[C@@H](NS(=O)(=O)c2ccc3c(c2)COC3)C1. The largest absolute Gasteiger partial charge is 0.372 e. The Morgan fingerprint density at radius 3 is 2.64 bits per heavy atom. The fraction of sp³-hybridized carbons (Fsp3) is 0.625. The molecule has 122 valence electrons. The summed E-state index contributed by atoms with van der Waals surface area (Å²) in [4.78, 5) is 2.65. The third kappa shape index (κ3) is 3.06.